The van der Waals surface area contributed by atoms with E-state index in [4.69, 9.17) is 14.2 Å². The van der Waals surface area contributed by atoms with Crippen molar-refractivity contribution in [1.82, 2.24) is 0 Å². The quantitative estimate of drug-likeness (QED) is 0.810. The number of ether oxygens (including phenoxy) is 3. The molecule has 0 unspecified atom stereocenters. The fourth-order valence-electron chi connectivity index (χ4n) is 2.74. The Morgan fingerprint density at radius 3 is 2.56 bits per heavy atom. The SMILES string of the molecule is CO[C@@]1(C(C)(C)O)CCC(=O)[C@]2(CCCCO2)O1. The molecule has 1 spiro atoms. The van der Waals surface area contributed by atoms with E-state index in [2.05, 4.69) is 0 Å². The first-order valence-corrected chi connectivity index (χ1v) is 6.50. The fourth-order valence-corrected chi connectivity index (χ4v) is 2.74. The second kappa shape index (κ2) is 4.56. The van der Waals surface area contributed by atoms with Crippen molar-refractivity contribution in [2.75, 3.05) is 13.7 Å². The van der Waals surface area contributed by atoms with E-state index >= 15 is 0 Å². The first kappa shape index (κ1) is 13.9. The van der Waals surface area contributed by atoms with Crippen LogP contribution >= 0.6 is 0 Å². The number of Topliss-reactive ketones (excluding diaryl/α,β-unsaturated/α-hetero) is 1. The summed E-state index contributed by atoms with van der Waals surface area (Å²) in [6.45, 7) is 3.77. The van der Waals surface area contributed by atoms with E-state index in [1.807, 2.05) is 0 Å². The van der Waals surface area contributed by atoms with Crippen LogP contribution in [0.3, 0.4) is 0 Å². The third-order valence-electron chi connectivity index (χ3n) is 3.93. The molecule has 0 amide bonds. The summed E-state index contributed by atoms with van der Waals surface area (Å²) in [6.07, 6.45) is 3.00. The first-order valence-electron chi connectivity index (χ1n) is 6.50. The lowest BCUT2D eigenvalue weighted by Crippen LogP contribution is -2.65. The van der Waals surface area contributed by atoms with Gasteiger partial charge in [-0.25, -0.2) is 0 Å². The van der Waals surface area contributed by atoms with Crippen LogP contribution in [0.1, 0.15) is 46.0 Å². The van der Waals surface area contributed by atoms with E-state index in [0.717, 1.165) is 12.8 Å². The molecule has 2 rings (SSSR count). The molecule has 104 valence electrons. The summed E-state index contributed by atoms with van der Waals surface area (Å²) in [4.78, 5) is 12.1. The lowest BCUT2D eigenvalue weighted by molar-refractivity contribution is -0.397. The van der Waals surface area contributed by atoms with Crippen LogP contribution in [0, 0.1) is 0 Å². The molecule has 1 N–H and O–H groups in total. The summed E-state index contributed by atoms with van der Waals surface area (Å²) >= 11 is 0. The maximum Gasteiger partial charge on any atom is 0.231 e. The Balaban J connectivity index is 2.29. The van der Waals surface area contributed by atoms with Gasteiger partial charge in [0.1, 0.15) is 5.60 Å². The Bertz CT molecular complexity index is 327. The van der Waals surface area contributed by atoms with Crippen LogP contribution in [0.2, 0.25) is 0 Å². The van der Waals surface area contributed by atoms with Crippen LogP contribution < -0.4 is 0 Å². The van der Waals surface area contributed by atoms with Crippen LogP contribution in [-0.4, -0.2) is 41.8 Å². The number of aliphatic hydroxyl groups is 1. The Kier molecular flexibility index (Phi) is 3.53. The summed E-state index contributed by atoms with van der Waals surface area (Å²) in [6, 6.07) is 0. The van der Waals surface area contributed by atoms with Crippen molar-refractivity contribution in [2.24, 2.45) is 0 Å². The zero-order valence-electron chi connectivity index (χ0n) is 11.3. The van der Waals surface area contributed by atoms with Crippen molar-refractivity contribution in [1.29, 1.82) is 0 Å². The first-order chi connectivity index (χ1) is 8.35. The number of ketones is 1. The number of hydrogen-bond donors (Lipinski definition) is 1. The lowest BCUT2D eigenvalue weighted by atomic mass is 9.85. The summed E-state index contributed by atoms with van der Waals surface area (Å²) in [5, 5.41) is 10.3. The van der Waals surface area contributed by atoms with E-state index in [1.165, 1.54) is 7.11 Å². The lowest BCUT2D eigenvalue weighted by Gasteiger charge is -2.51. The molecule has 2 aliphatic heterocycles. The summed E-state index contributed by atoms with van der Waals surface area (Å²) < 4.78 is 16.9. The van der Waals surface area contributed by atoms with Gasteiger partial charge in [-0.2, -0.15) is 0 Å². The van der Waals surface area contributed by atoms with Gasteiger partial charge in [0, 0.05) is 26.4 Å². The van der Waals surface area contributed by atoms with Gasteiger partial charge in [-0.05, 0) is 26.7 Å². The Morgan fingerprint density at radius 2 is 2.06 bits per heavy atom. The van der Waals surface area contributed by atoms with Gasteiger partial charge in [-0.15, -0.1) is 0 Å². The third-order valence-corrected chi connectivity index (χ3v) is 3.93. The molecule has 0 bridgehead atoms. The molecule has 0 aliphatic carbocycles. The zero-order valence-corrected chi connectivity index (χ0v) is 11.3. The smallest absolute Gasteiger partial charge is 0.231 e. The Hall–Kier alpha value is -0.490. The normalized spacial score (nSPS) is 38.1. The van der Waals surface area contributed by atoms with Gasteiger partial charge in [0.05, 0.1) is 6.61 Å². The highest BCUT2D eigenvalue weighted by Gasteiger charge is 2.58. The molecule has 2 heterocycles. The fraction of sp³-hybridized carbons (Fsp3) is 0.923. The highest BCUT2D eigenvalue weighted by Crippen LogP contribution is 2.44. The van der Waals surface area contributed by atoms with Gasteiger partial charge in [0.25, 0.3) is 0 Å². The van der Waals surface area contributed by atoms with Crippen molar-refractivity contribution >= 4 is 5.78 Å². The van der Waals surface area contributed by atoms with E-state index < -0.39 is 17.2 Å². The van der Waals surface area contributed by atoms with Gasteiger partial charge >= 0.3 is 0 Å². The van der Waals surface area contributed by atoms with Crippen molar-refractivity contribution in [3.8, 4) is 0 Å². The standard InChI is InChI=1S/C13H22O5/c1-11(2,15)13(16-3)8-6-10(14)12(18-13)7-4-5-9-17-12/h15H,4-9H2,1-3H3/t12-,13-/m0/s1. The van der Waals surface area contributed by atoms with Crippen LogP contribution in [0.5, 0.6) is 0 Å². The minimum atomic E-state index is -1.22. The molecule has 2 fully saturated rings. The van der Waals surface area contributed by atoms with Gasteiger partial charge in [0.2, 0.25) is 11.6 Å². The van der Waals surface area contributed by atoms with Crippen LogP contribution in [-0.2, 0) is 19.0 Å². The highest BCUT2D eigenvalue weighted by atomic mass is 16.8. The Labute approximate surface area is 107 Å². The molecule has 2 saturated heterocycles. The monoisotopic (exact) mass is 258 g/mol. The number of rotatable bonds is 2. The van der Waals surface area contributed by atoms with E-state index in [0.29, 0.717) is 25.9 Å². The number of methoxy groups -OCH3 is 1. The molecule has 0 aromatic heterocycles. The molecule has 5 nitrogen and oxygen atoms in total. The van der Waals surface area contributed by atoms with Gasteiger partial charge in [-0.1, -0.05) is 0 Å². The van der Waals surface area contributed by atoms with Crippen molar-refractivity contribution in [2.45, 2.75) is 63.1 Å². The van der Waals surface area contributed by atoms with E-state index in [9.17, 15) is 9.90 Å². The average Bonchev–Trinajstić information content (AvgIpc) is 2.33. The second-order valence-electron chi connectivity index (χ2n) is 5.60. The maximum absolute atomic E-state index is 12.1. The summed E-state index contributed by atoms with van der Waals surface area (Å²) in [5.74, 6) is -2.44. The average molecular weight is 258 g/mol. The van der Waals surface area contributed by atoms with Gasteiger partial charge in [0.15, 0.2) is 5.78 Å². The number of carbonyl (C=O) groups is 1. The summed E-state index contributed by atoms with van der Waals surface area (Å²) in [5.41, 5.74) is -1.20. The van der Waals surface area contributed by atoms with Gasteiger partial charge in [-0.3, -0.25) is 4.79 Å². The molecule has 0 aromatic rings. The largest absolute Gasteiger partial charge is 0.385 e. The van der Waals surface area contributed by atoms with E-state index in [-0.39, 0.29) is 5.78 Å². The molecule has 0 radical (unpaired) electrons. The predicted octanol–water partition coefficient (Wildman–Crippen LogP) is 1.38. The molecular weight excluding hydrogens is 236 g/mol. The topological polar surface area (TPSA) is 65.0 Å². The molecular formula is C13H22O5. The number of hydrogen-bond acceptors (Lipinski definition) is 5. The molecule has 0 aromatic carbocycles. The van der Waals surface area contributed by atoms with Gasteiger partial charge < -0.3 is 19.3 Å². The highest BCUT2D eigenvalue weighted by molar-refractivity contribution is 5.86. The maximum atomic E-state index is 12.1. The molecule has 5 heteroatoms. The zero-order chi connectivity index (χ0) is 13.4. The molecule has 0 saturated carbocycles. The van der Waals surface area contributed by atoms with Crippen LogP contribution in [0.4, 0.5) is 0 Å². The predicted molar refractivity (Wildman–Crippen MR) is 63.9 cm³/mol. The van der Waals surface area contributed by atoms with Crippen molar-refractivity contribution < 1.29 is 24.1 Å². The molecule has 2 atom stereocenters. The summed E-state index contributed by atoms with van der Waals surface area (Å²) in [7, 11) is 1.49. The molecule has 2 aliphatic rings. The van der Waals surface area contributed by atoms with Crippen molar-refractivity contribution in [3.05, 3.63) is 0 Å². The Morgan fingerprint density at radius 1 is 1.33 bits per heavy atom. The van der Waals surface area contributed by atoms with Crippen LogP contribution in [0.25, 0.3) is 0 Å². The minimum absolute atomic E-state index is 0.0425. The second-order valence-corrected chi connectivity index (χ2v) is 5.60. The van der Waals surface area contributed by atoms with Crippen molar-refractivity contribution in [3.63, 3.8) is 0 Å². The number of carbonyl (C=O) groups excluding carboxylic acids is 1. The third kappa shape index (κ3) is 2.09. The minimum Gasteiger partial charge on any atom is -0.385 e. The van der Waals surface area contributed by atoms with E-state index in [1.54, 1.807) is 13.8 Å². The van der Waals surface area contributed by atoms with Crippen LogP contribution in [0.15, 0.2) is 0 Å². The molecule has 18 heavy (non-hydrogen) atoms.